The molecule has 1 saturated heterocycles. The molecule has 3 heterocycles. The fraction of sp³-hybridized carbons (Fsp3) is 0.571. The van der Waals surface area contributed by atoms with Gasteiger partial charge >= 0.3 is 0 Å². The standard InChI is InChI=1S/C21H27N3OS/c25-20(9-3-5-16-6-4-12-22-15-16)24-13-10-17(11-14-24)21-23-18-7-1-2-8-19(18)26-21/h4,6,12,15,17H,1-3,5,7-11,13-14H2. The van der Waals surface area contributed by atoms with Crippen molar-refractivity contribution in [2.75, 3.05) is 13.1 Å². The van der Waals surface area contributed by atoms with E-state index in [0.717, 1.165) is 38.8 Å². The highest BCUT2D eigenvalue weighted by molar-refractivity contribution is 7.11. The Morgan fingerprint density at radius 1 is 1.23 bits per heavy atom. The molecule has 2 aromatic heterocycles. The summed E-state index contributed by atoms with van der Waals surface area (Å²) in [5, 5.41) is 1.33. The van der Waals surface area contributed by atoms with Crippen LogP contribution in [0.4, 0.5) is 0 Å². The summed E-state index contributed by atoms with van der Waals surface area (Å²) in [7, 11) is 0. The van der Waals surface area contributed by atoms with Crippen molar-refractivity contribution in [3.05, 3.63) is 45.7 Å². The van der Waals surface area contributed by atoms with E-state index in [-0.39, 0.29) is 0 Å². The van der Waals surface area contributed by atoms with Crippen LogP contribution in [0.1, 0.15) is 65.6 Å². The van der Waals surface area contributed by atoms with E-state index in [4.69, 9.17) is 4.98 Å². The number of amides is 1. The summed E-state index contributed by atoms with van der Waals surface area (Å²) in [6, 6.07) is 4.04. The van der Waals surface area contributed by atoms with E-state index in [2.05, 4.69) is 16.0 Å². The second kappa shape index (κ2) is 8.30. The van der Waals surface area contributed by atoms with Crippen LogP contribution in [-0.4, -0.2) is 33.9 Å². The van der Waals surface area contributed by atoms with Gasteiger partial charge in [0.05, 0.1) is 10.7 Å². The highest BCUT2D eigenvalue weighted by atomic mass is 32.1. The number of fused-ring (bicyclic) bond motifs is 1. The lowest BCUT2D eigenvalue weighted by molar-refractivity contribution is -0.132. The van der Waals surface area contributed by atoms with Crippen LogP contribution < -0.4 is 0 Å². The van der Waals surface area contributed by atoms with Gasteiger partial charge in [0.2, 0.25) is 5.91 Å². The van der Waals surface area contributed by atoms with E-state index in [0.29, 0.717) is 18.2 Å². The molecular formula is C21H27N3OS. The first-order chi connectivity index (χ1) is 12.8. The number of likely N-dealkylation sites (tertiary alicyclic amines) is 1. The maximum absolute atomic E-state index is 12.5. The minimum absolute atomic E-state index is 0.311. The van der Waals surface area contributed by atoms with Crippen LogP contribution in [0, 0.1) is 0 Å². The number of rotatable bonds is 5. The SMILES string of the molecule is O=C(CCCc1cccnc1)N1CCC(c2nc3c(s2)CCCC3)CC1. The van der Waals surface area contributed by atoms with Crippen molar-refractivity contribution in [2.45, 2.75) is 63.7 Å². The Kier molecular flexibility index (Phi) is 5.63. The molecule has 1 amide bonds. The minimum atomic E-state index is 0.311. The predicted molar refractivity (Wildman–Crippen MR) is 104 cm³/mol. The number of piperidine rings is 1. The first kappa shape index (κ1) is 17.7. The number of hydrogen-bond acceptors (Lipinski definition) is 4. The molecule has 1 aliphatic heterocycles. The second-order valence-corrected chi connectivity index (χ2v) is 8.61. The normalized spacial score (nSPS) is 17.9. The van der Waals surface area contributed by atoms with Crippen LogP contribution in [0.3, 0.4) is 0 Å². The Labute approximate surface area is 159 Å². The molecular weight excluding hydrogens is 342 g/mol. The van der Waals surface area contributed by atoms with Gasteiger partial charge in [-0.2, -0.15) is 0 Å². The van der Waals surface area contributed by atoms with Crippen molar-refractivity contribution in [3.8, 4) is 0 Å². The van der Waals surface area contributed by atoms with Gasteiger partial charge in [-0.25, -0.2) is 4.98 Å². The molecule has 2 aliphatic rings. The highest BCUT2D eigenvalue weighted by Gasteiger charge is 2.27. The van der Waals surface area contributed by atoms with Crippen molar-refractivity contribution in [1.82, 2.24) is 14.9 Å². The Balaban J connectivity index is 1.24. The van der Waals surface area contributed by atoms with E-state index in [1.54, 1.807) is 6.20 Å². The number of aryl methyl sites for hydroxylation is 3. The molecule has 0 atom stereocenters. The third kappa shape index (κ3) is 4.14. The first-order valence-electron chi connectivity index (χ1n) is 9.95. The fourth-order valence-corrected chi connectivity index (χ4v) is 5.39. The molecule has 26 heavy (non-hydrogen) atoms. The summed E-state index contributed by atoms with van der Waals surface area (Å²) in [5.74, 6) is 0.871. The minimum Gasteiger partial charge on any atom is -0.343 e. The monoisotopic (exact) mass is 369 g/mol. The Bertz CT molecular complexity index is 711. The number of pyridine rings is 1. The first-order valence-corrected chi connectivity index (χ1v) is 10.8. The molecule has 0 unspecified atom stereocenters. The summed E-state index contributed by atoms with van der Waals surface area (Å²) in [5.41, 5.74) is 2.58. The molecule has 4 nitrogen and oxygen atoms in total. The van der Waals surface area contributed by atoms with Crippen LogP contribution in [0.2, 0.25) is 0 Å². The topological polar surface area (TPSA) is 46.1 Å². The largest absolute Gasteiger partial charge is 0.343 e. The summed E-state index contributed by atoms with van der Waals surface area (Å²) in [6.45, 7) is 1.78. The van der Waals surface area contributed by atoms with Crippen molar-refractivity contribution in [3.63, 3.8) is 0 Å². The van der Waals surface area contributed by atoms with Crippen molar-refractivity contribution >= 4 is 17.2 Å². The van der Waals surface area contributed by atoms with E-state index in [9.17, 15) is 4.79 Å². The summed E-state index contributed by atoms with van der Waals surface area (Å²) in [6.07, 6.45) is 13.3. The molecule has 2 aromatic rings. The van der Waals surface area contributed by atoms with Gasteiger partial charge in [0.25, 0.3) is 0 Å². The van der Waals surface area contributed by atoms with E-state index in [1.165, 1.54) is 46.8 Å². The quantitative estimate of drug-likeness (QED) is 0.795. The highest BCUT2D eigenvalue weighted by Crippen LogP contribution is 2.35. The molecule has 0 spiro atoms. The van der Waals surface area contributed by atoms with Crippen LogP contribution >= 0.6 is 11.3 Å². The van der Waals surface area contributed by atoms with Gasteiger partial charge in [0.15, 0.2) is 0 Å². The molecule has 0 saturated carbocycles. The van der Waals surface area contributed by atoms with Gasteiger partial charge in [-0.15, -0.1) is 11.3 Å². The van der Waals surface area contributed by atoms with Crippen LogP contribution in [0.25, 0.3) is 0 Å². The van der Waals surface area contributed by atoms with Gasteiger partial charge in [-0.3, -0.25) is 9.78 Å². The molecule has 5 heteroatoms. The molecule has 0 aromatic carbocycles. The maximum Gasteiger partial charge on any atom is 0.222 e. The zero-order valence-electron chi connectivity index (χ0n) is 15.3. The second-order valence-electron chi connectivity index (χ2n) is 7.50. The van der Waals surface area contributed by atoms with E-state index in [1.807, 2.05) is 23.6 Å². The van der Waals surface area contributed by atoms with E-state index < -0.39 is 0 Å². The summed E-state index contributed by atoms with van der Waals surface area (Å²) in [4.78, 5) is 25.1. The third-order valence-corrected chi connectivity index (χ3v) is 6.96. The molecule has 0 N–H and O–H groups in total. The smallest absolute Gasteiger partial charge is 0.222 e. The molecule has 0 bridgehead atoms. The van der Waals surface area contributed by atoms with Crippen LogP contribution in [0.5, 0.6) is 0 Å². The van der Waals surface area contributed by atoms with Gasteiger partial charge in [-0.05, 0) is 63.0 Å². The Morgan fingerprint density at radius 3 is 2.85 bits per heavy atom. The number of aromatic nitrogens is 2. The summed E-state index contributed by atoms with van der Waals surface area (Å²) < 4.78 is 0. The van der Waals surface area contributed by atoms with E-state index >= 15 is 0 Å². The van der Waals surface area contributed by atoms with Gasteiger partial charge in [-0.1, -0.05) is 6.07 Å². The lowest BCUT2D eigenvalue weighted by Gasteiger charge is -2.31. The lowest BCUT2D eigenvalue weighted by Crippen LogP contribution is -2.37. The molecule has 0 radical (unpaired) electrons. The average molecular weight is 370 g/mol. The van der Waals surface area contributed by atoms with Crippen molar-refractivity contribution in [2.24, 2.45) is 0 Å². The number of carbonyl (C=O) groups excluding carboxylic acids is 1. The number of nitrogens with zero attached hydrogens (tertiary/aromatic N) is 3. The maximum atomic E-state index is 12.5. The van der Waals surface area contributed by atoms with Crippen molar-refractivity contribution in [1.29, 1.82) is 0 Å². The number of thiazole rings is 1. The summed E-state index contributed by atoms with van der Waals surface area (Å²) >= 11 is 1.94. The molecule has 138 valence electrons. The number of hydrogen-bond donors (Lipinski definition) is 0. The van der Waals surface area contributed by atoms with Crippen molar-refractivity contribution < 1.29 is 4.79 Å². The van der Waals surface area contributed by atoms with Gasteiger partial charge in [0, 0.05) is 42.7 Å². The van der Waals surface area contributed by atoms with Gasteiger partial charge in [0.1, 0.15) is 0 Å². The fourth-order valence-electron chi connectivity index (χ4n) is 4.07. The van der Waals surface area contributed by atoms with Crippen LogP contribution in [0.15, 0.2) is 24.5 Å². The Morgan fingerprint density at radius 2 is 2.08 bits per heavy atom. The van der Waals surface area contributed by atoms with Gasteiger partial charge < -0.3 is 4.90 Å². The zero-order chi connectivity index (χ0) is 17.8. The Hall–Kier alpha value is -1.75. The third-order valence-electron chi connectivity index (χ3n) is 5.64. The van der Waals surface area contributed by atoms with Crippen LogP contribution in [-0.2, 0) is 24.1 Å². The average Bonchev–Trinajstić information content (AvgIpc) is 3.13. The molecule has 1 aliphatic carbocycles. The molecule has 4 rings (SSSR count). The molecule has 1 fully saturated rings. The zero-order valence-corrected chi connectivity index (χ0v) is 16.1. The lowest BCUT2D eigenvalue weighted by atomic mass is 9.97. The predicted octanol–water partition coefficient (Wildman–Crippen LogP) is 4.15. The number of carbonyl (C=O) groups is 1.